The number of hydrogen-bond acceptors (Lipinski definition) is 3. The van der Waals surface area contributed by atoms with Crippen molar-refractivity contribution in [2.45, 2.75) is 0 Å². The van der Waals surface area contributed by atoms with Gasteiger partial charge >= 0.3 is 5.97 Å². The average Bonchev–Trinajstić information content (AvgIpc) is 2.26. The summed E-state index contributed by atoms with van der Waals surface area (Å²) in [6.45, 7) is 3.78. The highest BCUT2D eigenvalue weighted by Crippen LogP contribution is 2.02. The molecule has 0 aliphatic rings. The van der Waals surface area contributed by atoms with Crippen molar-refractivity contribution >= 4 is 11.9 Å². The molecule has 1 aromatic rings. The van der Waals surface area contributed by atoms with Crippen LogP contribution in [0, 0.1) is 0 Å². The Bertz CT molecular complexity index is 401. The van der Waals surface area contributed by atoms with Crippen molar-refractivity contribution in [3.05, 3.63) is 42.2 Å². The fraction of sp³-hybridized carbons (Fsp3) is 0.100. The van der Waals surface area contributed by atoms with Gasteiger partial charge in [-0.2, -0.15) is 0 Å². The number of amides is 1. The Morgan fingerprint density at radius 3 is 2.73 bits per heavy atom. The molecule has 0 saturated heterocycles. The van der Waals surface area contributed by atoms with Crippen LogP contribution in [-0.4, -0.2) is 28.5 Å². The van der Waals surface area contributed by atoms with Crippen molar-refractivity contribution in [3.63, 3.8) is 0 Å². The summed E-state index contributed by atoms with van der Waals surface area (Å²) in [7, 11) is 0. The second kappa shape index (κ2) is 4.90. The van der Waals surface area contributed by atoms with E-state index in [1.165, 1.54) is 24.5 Å². The summed E-state index contributed by atoms with van der Waals surface area (Å²) < 4.78 is 0. The van der Waals surface area contributed by atoms with Gasteiger partial charge in [0, 0.05) is 18.9 Å². The van der Waals surface area contributed by atoms with E-state index in [1.54, 1.807) is 0 Å². The molecule has 1 rings (SSSR count). The minimum absolute atomic E-state index is 0.0127. The number of hydrogen-bond donors (Lipinski definition) is 2. The number of nitrogens with one attached hydrogen (secondary N) is 1. The summed E-state index contributed by atoms with van der Waals surface area (Å²) >= 11 is 0. The van der Waals surface area contributed by atoms with Crippen molar-refractivity contribution < 1.29 is 14.7 Å². The van der Waals surface area contributed by atoms with E-state index in [0.29, 0.717) is 6.54 Å². The number of carboxylic acid groups (broad SMARTS) is 1. The highest BCUT2D eigenvalue weighted by Gasteiger charge is 2.08. The number of carbonyl (C=O) groups is 2. The molecule has 2 N–H and O–H groups in total. The standard InChI is InChI=1S/C10H10N2O3/c1-2-3-12-9(13)7-4-8(10(14)15)6-11-5-7/h2,4-6H,1,3H2,(H,12,13)(H,14,15). The number of aromatic carboxylic acids is 1. The van der Waals surface area contributed by atoms with Gasteiger partial charge in [-0.3, -0.25) is 9.78 Å². The van der Waals surface area contributed by atoms with Crippen molar-refractivity contribution in [1.82, 2.24) is 10.3 Å². The monoisotopic (exact) mass is 206 g/mol. The maximum atomic E-state index is 11.4. The Morgan fingerprint density at radius 2 is 2.13 bits per heavy atom. The number of nitrogens with zero attached hydrogens (tertiary/aromatic N) is 1. The zero-order chi connectivity index (χ0) is 11.3. The molecule has 78 valence electrons. The molecule has 5 nitrogen and oxygen atoms in total. The third-order valence-electron chi connectivity index (χ3n) is 1.65. The lowest BCUT2D eigenvalue weighted by Crippen LogP contribution is -2.23. The first-order chi connectivity index (χ1) is 7.15. The van der Waals surface area contributed by atoms with E-state index in [1.807, 2.05) is 0 Å². The fourth-order valence-electron chi connectivity index (χ4n) is 0.948. The maximum absolute atomic E-state index is 11.4. The smallest absolute Gasteiger partial charge is 0.337 e. The van der Waals surface area contributed by atoms with Crippen LogP contribution in [0.4, 0.5) is 0 Å². The van der Waals surface area contributed by atoms with Crippen LogP contribution < -0.4 is 5.32 Å². The Kier molecular flexibility index (Phi) is 3.56. The quantitative estimate of drug-likeness (QED) is 0.710. The molecule has 1 amide bonds. The first-order valence-electron chi connectivity index (χ1n) is 4.22. The van der Waals surface area contributed by atoms with Gasteiger partial charge in [-0.15, -0.1) is 6.58 Å². The van der Waals surface area contributed by atoms with E-state index < -0.39 is 5.97 Å². The van der Waals surface area contributed by atoms with Crippen molar-refractivity contribution in [2.24, 2.45) is 0 Å². The van der Waals surface area contributed by atoms with Crippen LogP contribution in [0.2, 0.25) is 0 Å². The Hall–Kier alpha value is -2.17. The van der Waals surface area contributed by atoms with Gasteiger partial charge in [0.2, 0.25) is 0 Å². The summed E-state index contributed by atoms with van der Waals surface area (Å²) in [6, 6.07) is 1.27. The van der Waals surface area contributed by atoms with Crippen molar-refractivity contribution in [3.8, 4) is 0 Å². The van der Waals surface area contributed by atoms with Crippen LogP contribution in [0.15, 0.2) is 31.1 Å². The third kappa shape index (κ3) is 2.91. The summed E-state index contributed by atoms with van der Waals surface area (Å²) in [6.07, 6.45) is 4.03. The van der Waals surface area contributed by atoms with E-state index in [0.717, 1.165) is 0 Å². The fourth-order valence-corrected chi connectivity index (χ4v) is 0.948. The molecule has 1 heterocycles. The van der Waals surface area contributed by atoms with Gasteiger partial charge in [0.1, 0.15) is 0 Å². The molecule has 0 aromatic carbocycles. The number of carbonyl (C=O) groups excluding carboxylic acids is 1. The predicted molar refractivity (Wildman–Crippen MR) is 53.7 cm³/mol. The lowest BCUT2D eigenvalue weighted by Gasteiger charge is -2.02. The Morgan fingerprint density at radius 1 is 1.47 bits per heavy atom. The molecule has 0 bridgehead atoms. The van der Waals surface area contributed by atoms with Gasteiger partial charge in [0.25, 0.3) is 5.91 Å². The minimum Gasteiger partial charge on any atom is -0.478 e. The van der Waals surface area contributed by atoms with Gasteiger partial charge in [0.05, 0.1) is 11.1 Å². The molecular weight excluding hydrogens is 196 g/mol. The van der Waals surface area contributed by atoms with Crippen LogP contribution in [0.25, 0.3) is 0 Å². The topological polar surface area (TPSA) is 79.3 Å². The van der Waals surface area contributed by atoms with Gasteiger partial charge in [-0.05, 0) is 6.07 Å². The molecule has 0 aliphatic heterocycles. The van der Waals surface area contributed by atoms with Crippen LogP contribution in [0.5, 0.6) is 0 Å². The predicted octanol–water partition coefficient (Wildman–Crippen LogP) is 0.696. The van der Waals surface area contributed by atoms with Crippen molar-refractivity contribution in [2.75, 3.05) is 6.54 Å². The van der Waals surface area contributed by atoms with E-state index >= 15 is 0 Å². The molecular formula is C10H10N2O3. The molecule has 0 atom stereocenters. The Balaban J connectivity index is 2.85. The zero-order valence-corrected chi connectivity index (χ0v) is 7.93. The number of pyridine rings is 1. The second-order valence-corrected chi connectivity index (χ2v) is 2.77. The molecule has 15 heavy (non-hydrogen) atoms. The number of aromatic nitrogens is 1. The van der Waals surface area contributed by atoms with Crippen LogP contribution in [0.3, 0.4) is 0 Å². The summed E-state index contributed by atoms with van der Waals surface area (Å²) in [5.74, 6) is -1.48. The molecule has 0 radical (unpaired) electrons. The summed E-state index contributed by atoms with van der Waals surface area (Å²) in [5, 5.41) is 11.2. The van der Waals surface area contributed by atoms with E-state index in [4.69, 9.17) is 5.11 Å². The molecule has 5 heteroatoms. The van der Waals surface area contributed by atoms with Crippen LogP contribution in [-0.2, 0) is 0 Å². The Labute approximate surface area is 86.5 Å². The lowest BCUT2D eigenvalue weighted by molar-refractivity contribution is 0.0696. The first kappa shape index (κ1) is 10.9. The van der Waals surface area contributed by atoms with E-state index in [2.05, 4.69) is 16.9 Å². The summed E-state index contributed by atoms with van der Waals surface area (Å²) in [5.41, 5.74) is 0.206. The normalized spacial score (nSPS) is 9.33. The van der Waals surface area contributed by atoms with Crippen LogP contribution >= 0.6 is 0 Å². The highest BCUT2D eigenvalue weighted by molar-refractivity contribution is 5.96. The highest BCUT2D eigenvalue weighted by atomic mass is 16.4. The van der Waals surface area contributed by atoms with E-state index in [-0.39, 0.29) is 17.0 Å². The van der Waals surface area contributed by atoms with Gasteiger partial charge in [-0.1, -0.05) is 6.08 Å². The molecule has 0 spiro atoms. The second-order valence-electron chi connectivity index (χ2n) is 2.77. The molecule has 0 fully saturated rings. The largest absolute Gasteiger partial charge is 0.478 e. The minimum atomic E-state index is -1.11. The molecule has 1 aromatic heterocycles. The lowest BCUT2D eigenvalue weighted by atomic mass is 10.2. The number of carboxylic acids is 1. The zero-order valence-electron chi connectivity index (χ0n) is 7.93. The number of rotatable bonds is 4. The molecule has 0 unspecified atom stereocenters. The van der Waals surface area contributed by atoms with Gasteiger partial charge in [-0.25, -0.2) is 4.79 Å². The summed E-state index contributed by atoms with van der Waals surface area (Å²) in [4.78, 5) is 25.7. The maximum Gasteiger partial charge on any atom is 0.337 e. The molecule has 0 saturated carbocycles. The van der Waals surface area contributed by atoms with Gasteiger partial charge in [0.15, 0.2) is 0 Å². The van der Waals surface area contributed by atoms with E-state index in [9.17, 15) is 9.59 Å². The molecule has 0 aliphatic carbocycles. The van der Waals surface area contributed by atoms with Crippen molar-refractivity contribution in [1.29, 1.82) is 0 Å². The average molecular weight is 206 g/mol. The SMILES string of the molecule is C=CCNC(=O)c1cncc(C(=O)O)c1. The first-order valence-corrected chi connectivity index (χ1v) is 4.22. The van der Waals surface area contributed by atoms with Gasteiger partial charge < -0.3 is 10.4 Å². The van der Waals surface area contributed by atoms with Crippen LogP contribution in [0.1, 0.15) is 20.7 Å². The third-order valence-corrected chi connectivity index (χ3v) is 1.65.